The molecule has 0 saturated heterocycles. The SMILES string of the molecule is CN(C(=O)c1nc(-c2nn(Cc3ccccc3F)c3cc(Cl)ccc23)nc2c1C(C)(C)C(=O)N2)C1CC1. The highest BCUT2D eigenvalue weighted by Gasteiger charge is 2.45. The van der Waals surface area contributed by atoms with Crippen molar-refractivity contribution in [2.75, 3.05) is 12.4 Å². The molecule has 1 aliphatic heterocycles. The van der Waals surface area contributed by atoms with E-state index in [0.717, 1.165) is 12.8 Å². The topological polar surface area (TPSA) is 93.0 Å². The van der Waals surface area contributed by atoms with Gasteiger partial charge in [0.2, 0.25) is 5.91 Å². The Bertz CT molecular complexity index is 1610. The van der Waals surface area contributed by atoms with Crippen molar-refractivity contribution in [1.29, 1.82) is 0 Å². The summed E-state index contributed by atoms with van der Waals surface area (Å²) < 4.78 is 16.1. The van der Waals surface area contributed by atoms with Crippen molar-refractivity contribution in [1.82, 2.24) is 24.6 Å². The molecule has 6 rings (SSSR count). The van der Waals surface area contributed by atoms with Crippen LogP contribution in [0.3, 0.4) is 0 Å². The van der Waals surface area contributed by atoms with Gasteiger partial charge >= 0.3 is 0 Å². The van der Waals surface area contributed by atoms with E-state index < -0.39 is 5.41 Å². The van der Waals surface area contributed by atoms with Crippen molar-refractivity contribution in [3.05, 3.63) is 70.1 Å². The number of rotatable bonds is 5. The molecule has 0 spiro atoms. The van der Waals surface area contributed by atoms with E-state index in [4.69, 9.17) is 21.7 Å². The van der Waals surface area contributed by atoms with Gasteiger partial charge in [-0.1, -0.05) is 29.8 Å². The predicted molar refractivity (Wildman–Crippen MR) is 138 cm³/mol. The van der Waals surface area contributed by atoms with Crippen LogP contribution in [0.1, 0.15) is 48.3 Å². The summed E-state index contributed by atoms with van der Waals surface area (Å²) in [4.78, 5) is 37.4. The fourth-order valence-corrected chi connectivity index (χ4v) is 4.96. The molecule has 188 valence electrons. The first-order valence-corrected chi connectivity index (χ1v) is 12.4. The normalized spacial score (nSPS) is 16.1. The number of hydrogen-bond acceptors (Lipinski definition) is 5. The van der Waals surface area contributed by atoms with Crippen LogP contribution in [0.5, 0.6) is 0 Å². The summed E-state index contributed by atoms with van der Waals surface area (Å²) >= 11 is 6.30. The molecule has 2 amide bonds. The molecule has 1 N–H and O–H groups in total. The smallest absolute Gasteiger partial charge is 0.272 e. The van der Waals surface area contributed by atoms with Gasteiger partial charge in [0.05, 0.1) is 17.5 Å². The molecule has 8 nitrogen and oxygen atoms in total. The zero-order valence-electron chi connectivity index (χ0n) is 20.5. The van der Waals surface area contributed by atoms with Crippen LogP contribution in [0.2, 0.25) is 5.02 Å². The number of aromatic nitrogens is 4. The minimum absolute atomic E-state index is 0.161. The molecule has 2 aromatic heterocycles. The van der Waals surface area contributed by atoms with E-state index >= 15 is 0 Å². The van der Waals surface area contributed by atoms with Gasteiger partial charge < -0.3 is 10.2 Å². The van der Waals surface area contributed by atoms with Gasteiger partial charge in [0.1, 0.15) is 23.0 Å². The van der Waals surface area contributed by atoms with E-state index in [9.17, 15) is 14.0 Å². The Kier molecular flexibility index (Phi) is 5.31. The average Bonchev–Trinajstić information content (AvgIpc) is 3.62. The fraction of sp³-hybridized carbons (Fsp3) is 0.296. The van der Waals surface area contributed by atoms with Crippen LogP contribution in [0.25, 0.3) is 22.4 Å². The van der Waals surface area contributed by atoms with Gasteiger partial charge in [0.25, 0.3) is 5.91 Å². The van der Waals surface area contributed by atoms with Crippen LogP contribution in [-0.4, -0.2) is 49.6 Å². The Morgan fingerprint density at radius 2 is 1.97 bits per heavy atom. The Morgan fingerprint density at radius 1 is 1.22 bits per heavy atom. The number of anilines is 1. The lowest BCUT2D eigenvalue weighted by molar-refractivity contribution is -0.119. The number of nitrogens with zero attached hydrogens (tertiary/aromatic N) is 5. The number of amides is 2. The largest absolute Gasteiger partial charge is 0.337 e. The number of carbonyl (C=O) groups is 2. The number of benzene rings is 2. The van der Waals surface area contributed by atoms with Gasteiger partial charge in [0.15, 0.2) is 5.82 Å². The van der Waals surface area contributed by atoms with Gasteiger partial charge in [-0.3, -0.25) is 14.3 Å². The van der Waals surface area contributed by atoms with E-state index in [-0.39, 0.29) is 41.7 Å². The number of carbonyl (C=O) groups excluding carboxylic acids is 2. The monoisotopic (exact) mass is 518 g/mol. The van der Waals surface area contributed by atoms with Crippen molar-refractivity contribution in [3.8, 4) is 11.5 Å². The van der Waals surface area contributed by atoms with Crippen LogP contribution >= 0.6 is 11.6 Å². The van der Waals surface area contributed by atoms with Gasteiger partial charge in [-0.25, -0.2) is 14.4 Å². The maximum Gasteiger partial charge on any atom is 0.272 e. The van der Waals surface area contributed by atoms with Crippen molar-refractivity contribution < 1.29 is 14.0 Å². The Hall–Kier alpha value is -3.85. The van der Waals surface area contributed by atoms with Crippen LogP contribution in [0.4, 0.5) is 10.2 Å². The summed E-state index contributed by atoms with van der Waals surface area (Å²) in [7, 11) is 1.76. The van der Waals surface area contributed by atoms with E-state index in [0.29, 0.717) is 38.6 Å². The summed E-state index contributed by atoms with van der Waals surface area (Å²) in [6.07, 6.45) is 1.88. The van der Waals surface area contributed by atoms with Crippen molar-refractivity contribution in [2.24, 2.45) is 0 Å². The number of halogens is 2. The van der Waals surface area contributed by atoms with Gasteiger partial charge in [-0.05, 0) is 51.0 Å². The maximum absolute atomic E-state index is 14.5. The van der Waals surface area contributed by atoms with Gasteiger partial charge in [-0.2, -0.15) is 5.10 Å². The second-order valence-corrected chi connectivity index (χ2v) is 10.5. The third kappa shape index (κ3) is 3.85. The molecule has 10 heteroatoms. The standard InChI is InChI=1S/C27H24ClFN6O2/c1-27(2)20-22(25(36)34(3)16-9-10-16)30-24(31-23(20)32-26(27)37)21-17-11-8-15(28)12-19(17)35(33-21)13-14-6-4-5-7-18(14)29/h4-8,11-12,16H,9-10,13H2,1-3H3,(H,30,31,32,37). The molecule has 4 aromatic rings. The Balaban J connectivity index is 1.54. The van der Waals surface area contributed by atoms with E-state index in [1.54, 1.807) is 66.9 Å². The number of nitrogens with one attached hydrogen (secondary N) is 1. The van der Waals surface area contributed by atoms with Crippen LogP contribution in [-0.2, 0) is 16.8 Å². The second-order valence-electron chi connectivity index (χ2n) is 10.1. The average molecular weight is 519 g/mol. The summed E-state index contributed by atoms with van der Waals surface area (Å²) in [5.74, 6) is -0.351. The first-order valence-electron chi connectivity index (χ1n) is 12.1. The molecular weight excluding hydrogens is 495 g/mol. The summed E-state index contributed by atoms with van der Waals surface area (Å²) in [5.41, 5.74) is 1.24. The molecule has 2 aliphatic rings. The molecule has 2 aromatic carbocycles. The second kappa shape index (κ2) is 8.34. The number of hydrogen-bond donors (Lipinski definition) is 1. The van der Waals surface area contributed by atoms with Crippen LogP contribution in [0.15, 0.2) is 42.5 Å². The van der Waals surface area contributed by atoms with Crippen molar-refractivity contribution in [3.63, 3.8) is 0 Å². The third-order valence-electron chi connectivity index (χ3n) is 7.15. The van der Waals surface area contributed by atoms with E-state index in [1.165, 1.54) is 6.07 Å². The quantitative estimate of drug-likeness (QED) is 0.410. The Labute approximate surface area is 217 Å². The van der Waals surface area contributed by atoms with Crippen LogP contribution < -0.4 is 5.32 Å². The minimum Gasteiger partial charge on any atom is -0.337 e. The molecule has 0 unspecified atom stereocenters. The minimum atomic E-state index is -0.969. The molecule has 1 saturated carbocycles. The number of fused-ring (bicyclic) bond motifs is 2. The zero-order valence-corrected chi connectivity index (χ0v) is 21.3. The highest BCUT2D eigenvalue weighted by Crippen LogP contribution is 2.41. The summed E-state index contributed by atoms with van der Waals surface area (Å²) in [6.45, 7) is 3.67. The molecule has 0 bridgehead atoms. The van der Waals surface area contributed by atoms with Crippen molar-refractivity contribution >= 4 is 40.1 Å². The first kappa shape index (κ1) is 23.5. The molecule has 1 fully saturated rings. The van der Waals surface area contributed by atoms with Crippen LogP contribution in [0, 0.1) is 5.82 Å². The third-order valence-corrected chi connectivity index (χ3v) is 7.39. The highest BCUT2D eigenvalue weighted by atomic mass is 35.5. The molecular formula is C27H24ClFN6O2. The van der Waals surface area contributed by atoms with E-state index in [2.05, 4.69) is 10.3 Å². The molecule has 0 radical (unpaired) electrons. The fourth-order valence-electron chi connectivity index (χ4n) is 4.80. The Morgan fingerprint density at radius 3 is 2.70 bits per heavy atom. The lowest BCUT2D eigenvalue weighted by atomic mass is 9.85. The van der Waals surface area contributed by atoms with E-state index in [1.807, 2.05) is 0 Å². The maximum atomic E-state index is 14.5. The van der Waals surface area contributed by atoms with Gasteiger partial charge in [0, 0.05) is 34.6 Å². The first-order chi connectivity index (χ1) is 17.6. The summed E-state index contributed by atoms with van der Waals surface area (Å²) in [6, 6.07) is 11.9. The molecule has 37 heavy (non-hydrogen) atoms. The van der Waals surface area contributed by atoms with Crippen molar-refractivity contribution in [2.45, 2.75) is 44.7 Å². The molecule has 0 atom stereocenters. The zero-order chi connectivity index (χ0) is 26.1. The molecule has 1 aliphatic carbocycles. The summed E-state index contributed by atoms with van der Waals surface area (Å²) in [5, 5.41) is 8.75. The lowest BCUT2D eigenvalue weighted by Crippen LogP contribution is -2.34. The predicted octanol–water partition coefficient (Wildman–Crippen LogP) is 4.80. The lowest BCUT2D eigenvalue weighted by Gasteiger charge is -2.21. The highest BCUT2D eigenvalue weighted by molar-refractivity contribution is 6.31. The molecule has 3 heterocycles. The van der Waals surface area contributed by atoms with Gasteiger partial charge in [-0.15, -0.1) is 0 Å².